The van der Waals surface area contributed by atoms with Gasteiger partial charge in [-0.1, -0.05) is 24.3 Å². The topological polar surface area (TPSA) is 101 Å². The van der Waals surface area contributed by atoms with Crippen molar-refractivity contribution in [1.29, 1.82) is 0 Å². The molecule has 38 heavy (non-hydrogen) atoms. The van der Waals surface area contributed by atoms with Gasteiger partial charge in [-0.3, -0.25) is 24.2 Å². The minimum absolute atomic E-state index is 0.0453. The Balaban J connectivity index is 1.67. The predicted octanol–water partition coefficient (Wildman–Crippen LogP) is 2.52. The molecule has 1 aromatic heterocycles. The monoisotopic (exact) mass is 541 g/mol. The number of pyridine rings is 1. The van der Waals surface area contributed by atoms with Crippen LogP contribution in [0.5, 0.6) is 5.75 Å². The van der Waals surface area contributed by atoms with E-state index in [0.717, 1.165) is 22.6 Å². The van der Waals surface area contributed by atoms with E-state index in [-0.39, 0.29) is 30.2 Å². The molecule has 0 aliphatic carbocycles. The Hall–Kier alpha value is -3.90. The molecule has 4 heterocycles. The van der Waals surface area contributed by atoms with E-state index in [0.29, 0.717) is 5.56 Å². The van der Waals surface area contributed by atoms with Crippen molar-refractivity contribution in [2.75, 3.05) is 25.3 Å². The highest BCUT2D eigenvalue weighted by atomic mass is 32.2. The van der Waals surface area contributed by atoms with E-state index in [1.165, 1.54) is 40.7 Å². The number of esters is 1. The Morgan fingerprint density at radius 2 is 1.89 bits per heavy atom. The fraction of sp³-hybridized carbons (Fsp3) is 0.269. The quantitative estimate of drug-likeness (QED) is 0.494. The molecule has 3 aliphatic heterocycles. The summed E-state index contributed by atoms with van der Waals surface area (Å²) in [4.78, 5) is 40.9. The number of aromatic nitrogens is 1. The first-order valence-corrected chi connectivity index (χ1v) is 12.7. The van der Waals surface area contributed by atoms with Crippen molar-refractivity contribution >= 4 is 23.6 Å². The minimum atomic E-state index is -1.17. The zero-order valence-corrected chi connectivity index (χ0v) is 20.8. The summed E-state index contributed by atoms with van der Waals surface area (Å²) in [7, 11) is 1.18. The molecule has 2 aromatic carbocycles. The highest BCUT2D eigenvalue weighted by Crippen LogP contribution is 2.45. The number of nitrogens with zero attached hydrogens (tertiary/aromatic N) is 3. The van der Waals surface area contributed by atoms with E-state index in [2.05, 4.69) is 0 Å². The van der Waals surface area contributed by atoms with Gasteiger partial charge in [0.2, 0.25) is 5.43 Å². The summed E-state index contributed by atoms with van der Waals surface area (Å²) < 4.78 is 41.6. The van der Waals surface area contributed by atoms with Crippen molar-refractivity contribution < 1.29 is 33.0 Å². The highest BCUT2D eigenvalue weighted by molar-refractivity contribution is 7.98. The summed E-state index contributed by atoms with van der Waals surface area (Å²) in [5.41, 5.74) is 0.160. The number of methoxy groups -OCH3 is 1. The SMILES string of the molecule is COC(=O)C1COC[C@@H]2N1C(=O)c1c(O)c(=O)ccn1N2[C@@H]1c2ccccc2SCc2c1ccc(F)c2F. The van der Waals surface area contributed by atoms with Gasteiger partial charge in [0.25, 0.3) is 5.91 Å². The lowest BCUT2D eigenvalue weighted by Gasteiger charge is -2.53. The number of rotatable bonds is 2. The molecule has 1 unspecified atom stereocenters. The number of thioether (sulfide) groups is 1. The molecule has 3 aromatic rings. The van der Waals surface area contributed by atoms with Crippen LogP contribution in [-0.2, 0) is 20.0 Å². The van der Waals surface area contributed by atoms with Crippen LogP contribution in [0.15, 0.2) is 58.4 Å². The molecule has 0 radical (unpaired) electrons. The van der Waals surface area contributed by atoms with Crippen molar-refractivity contribution in [2.24, 2.45) is 0 Å². The Morgan fingerprint density at radius 3 is 2.68 bits per heavy atom. The number of hydrogen-bond donors (Lipinski definition) is 1. The Labute approximate surface area is 219 Å². The first kappa shape index (κ1) is 24.4. The highest BCUT2D eigenvalue weighted by Gasteiger charge is 2.51. The van der Waals surface area contributed by atoms with Crippen LogP contribution < -0.4 is 10.4 Å². The molecule has 3 aliphatic rings. The van der Waals surface area contributed by atoms with Gasteiger partial charge in [-0.2, -0.15) is 0 Å². The summed E-state index contributed by atoms with van der Waals surface area (Å²) in [6.07, 6.45) is 0.408. The lowest BCUT2D eigenvalue weighted by molar-refractivity contribution is -0.155. The van der Waals surface area contributed by atoms with Gasteiger partial charge in [-0.05, 0) is 23.3 Å². The van der Waals surface area contributed by atoms with Crippen molar-refractivity contribution in [3.8, 4) is 5.75 Å². The fourth-order valence-corrected chi connectivity index (χ4v) is 6.49. The molecule has 0 bridgehead atoms. The fourth-order valence-electron chi connectivity index (χ4n) is 5.37. The molecule has 1 N–H and O–H groups in total. The molecule has 9 nitrogen and oxygen atoms in total. The van der Waals surface area contributed by atoms with Gasteiger partial charge in [0.05, 0.1) is 26.4 Å². The summed E-state index contributed by atoms with van der Waals surface area (Å²) in [5.74, 6) is -4.11. The number of aromatic hydroxyl groups is 1. The Kier molecular flexibility index (Phi) is 5.88. The molecule has 0 saturated carbocycles. The van der Waals surface area contributed by atoms with Gasteiger partial charge in [0.1, 0.15) is 6.17 Å². The van der Waals surface area contributed by atoms with E-state index in [4.69, 9.17) is 9.47 Å². The second-order valence-corrected chi connectivity index (χ2v) is 10.0. The number of benzene rings is 2. The van der Waals surface area contributed by atoms with E-state index in [9.17, 15) is 23.9 Å². The van der Waals surface area contributed by atoms with Gasteiger partial charge in [-0.15, -0.1) is 11.8 Å². The molecule has 1 fully saturated rings. The van der Waals surface area contributed by atoms with E-state index in [1.807, 2.05) is 24.3 Å². The van der Waals surface area contributed by atoms with Gasteiger partial charge in [-0.25, -0.2) is 13.6 Å². The average Bonchev–Trinajstić information content (AvgIpc) is 3.09. The number of amides is 1. The lowest BCUT2D eigenvalue weighted by Crippen LogP contribution is -2.70. The maximum atomic E-state index is 15.2. The molecular formula is C26H21F2N3O6S. The number of fused-ring (bicyclic) bond motifs is 4. The number of ether oxygens (including phenoxy) is 2. The van der Waals surface area contributed by atoms with E-state index < -0.39 is 52.9 Å². The minimum Gasteiger partial charge on any atom is -0.502 e. The molecule has 12 heteroatoms. The molecule has 3 atom stereocenters. The summed E-state index contributed by atoms with van der Waals surface area (Å²) in [5, 5.41) is 12.4. The van der Waals surface area contributed by atoms with Crippen molar-refractivity contribution in [3.05, 3.63) is 92.9 Å². The molecule has 1 amide bonds. The molecule has 1 saturated heterocycles. The zero-order valence-electron chi connectivity index (χ0n) is 20.0. The van der Waals surface area contributed by atoms with E-state index in [1.54, 1.807) is 5.01 Å². The standard InChI is InChI=1S/C26H21F2N3O6S/c1-36-26(35)17-10-37-11-20-30(17)25(34)23-24(33)18(32)8-9-29(23)31(20)22-13-6-7-16(27)21(28)15(13)12-38-19-5-3-2-4-14(19)22/h2-9,17,20,22,33H,10-12H2,1H3/t17?,20-,22+/m1/s1. The van der Waals surface area contributed by atoms with Crippen LogP contribution in [0.25, 0.3) is 0 Å². The first-order chi connectivity index (χ1) is 18.3. The third-order valence-corrected chi connectivity index (χ3v) is 8.21. The third-order valence-electron chi connectivity index (χ3n) is 7.09. The largest absolute Gasteiger partial charge is 0.502 e. The van der Waals surface area contributed by atoms with Crippen LogP contribution in [0, 0.1) is 11.6 Å². The number of carbonyl (C=O) groups excluding carboxylic acids is 2. The number of hydrogen-bond acceptors (Lipinski definition) is 8. The first-order valence-electron chi connectivity index (χ1n) is 11.7. The average molecular weight is 542 g/mol. The van der Waals surface area contributed by atoms with Crippen LogP contribution >= 0.6 is 11.8 Å². The van der Waals surface area contributed by atoms with Crippen molar-refractivity contribution in [3.63, 3.8) is 0 Å². The third kappa shape index (κ3) is 3.51. The van der Waals surface area contributed by atoms with Gasteiger partial charge in [0.15, 0.2) is 29.1 Å². The smallest absolute Gasteiger partial charge is 0.331 e. The molecule has 6 rings (SSSR count). The van der Waals surface area contributed by atoms with Crippen LogP contribution in [0.1, 0.15) is 33.2 Å². The maximum absolute atomic E-state index is 15.2. The summed E-state index contributed by atoms with van der Waals surface area (Å²) >= 11 is 1.34. The normalized spacial score (nSPS) is 22.1. The number of halogens is 2. The Bertz CT molecular complexity index is 1550. The summed E-state index contributed by atoms with van der Waals surface area (Å²) in [6, 6.07) is 8.99. The predicted molar refractivity (Wildman–Crippen MR) is 131 cm³/mol. The maximum Gasteiger partial charge on any atom is 0.331 e. The van der Waals surface area contributed by atoms with Crippen molar-refractivity contribution in [2.45, 2.75) is 28.9 Å². The Morgan fingerprint density at radius 1 is 1.11 bits per heavy atom. The summed E-state index contributed by atoms with van der Waals surface area (Å²) in [6.45, 7) is -0.204. The number of morpholine rings is 1. The van der Waals surface area contributed by atoms with E-state index >= 15 is 4.39 Å². The lowest BCUT2D eigenvalue weighted by atomic mass is 9.93. The van der Waals surface area contributed by atoms with Crippen LogP contribution in [0.4, 0.5) is 8.78 Å². The van der Waals surface area contributed by atoms with Gasteiger partial charge in [0, 0.05) is 28.5 Å². The molecule has 196 valence electrons. The zero-order chi connectivity index (χ0) is 26.7. The second-order valence-electron chi connectivity index (χ2n) is 9.03. The van der Waals surface area contributed by atoms with Crippen molar-refractivity contribution in [1.82, 2.24) is 9.58 Å². The second kappa shape index (κ2) is 9.14. The van der Waals surface area contributed by atoms with Crippen LogP contribution in [0.2, 0.25) is 0 Å². The van der Waals surface area contributed by atoms with Gasteiger partial charge >= 0.3 is 5.97 Å². The van der Waals surface area contributed by atoms with Crippen LogP contribution in [0.3, 0.4) is 0 Å². The van der Waals surface area contributed by atoms with Gasteiger partial charge < -0.3 is 14.6 Å². The number of carbonyl (C=O) groups is 2. The molecule has 0 spiro atoms. The molecular weight excluding hydrogens is 520 g/mol. The van der Waals surface area contributed by atoms with Crippen LogP contribution in [-0.4, -0.2) is 59.1 Å².